The van der Waals surface area contributed by atoms with Gasteiger partial charge in [-0.3, -0.25) is 0 Å². The second-order valence-corrected chi connectivity index (χ2v) is 1.77. The molecule has 0 spiro atoms. The van der Waals surface area contributed by atoms with Crippen molar-refractivity contribution in [3.8, 4) is 0 Å². The minimum atomic E-state index is -4.04. The number of epoxide rings is 1. The topological polar surface area (TPSA) is 12.5 Å². The van der Waals surface area contributed by atoms with Crippen molar-refractivity contribution < 1.29 is 30.3 Å². The minimum Gasteiger partial charge on any atom is -1.00 e. The Hall–Kier alpha value is 0.0400. The average Bonchev–Trinajstić information content (AvgIpc) is 2.12. The summed E-state index contributed by atoms with van der Waals surface area (Å²) in [6.07, 6.45) is -5.36. The first-order valence-corrected chi connectivity index (χ1v) is 2.26. The van der Waals surface area contributed by atoms with Gasteiger partial charge < -0.3 is 17.1 Å². The molecule has 1 nitrogen and oxygen atoms in total. The van der Waals surface area contributed by atoms with E-state index < -0.39 is 18.7 Å². The maximum Gasteiger partial charge on any atom is 0.391 e. The summed E-state index contributed by atoms with van der Waals surface area (Å²) >= 11 is 0. The molecule has 1 rings (SSSR count). The van der Waals surface area contributed by atoms with Gasteiger partial charge in [0.1, 0.15) is 0 Å². The van der Waals surface area contributed by atoms with Gasteiger partial charge in [0.05, 0.1) is 19.1 Å². The van der Waals surface area contributed by atoms with Crippen LogP contribution in [-0.2, 0) is 4.74 Å². The Morgan fingerprint density at radius 1 is 1.44 bits per heavy atom. The van der Waals surface area contributed by atoms with Crippen LogP contribution in [0.5, 0.6) is 0 Å². The molecular formula is C4H5ClF3O-. The molecule has 0 bridgehead atoms. The van der Waals surface area contributed by atoms with Gasteiger partial charge in [0, 0.05) is 0 Å². The number of alkyl halides is 3. The van der Waals surface area contributed by atoms with Crippen molar-refractivity contribution in [1.82, 2.24) is 0 Å². The molecule has 0 saturated carbocycles. The first-order valence-electron chi connectivity index (χ1n) is 2.26. The van der Waals surface area contributed by atoms with Crippen LogP contribution in [0, 0.1) is 0 Å². The molecule has 0 aliphatic carbocycles. The average molecular weight is 162 g/mol. The standard InChI is InChI=1S/C4H5F3O.ClH/c5-4(6,7)1-3-2-8-3;/h3H,1-2H2;1H/p-1. The molecule has 1 aliphatic rings. The van der Waals surface area contributed by atoms with E-state index >= 15 is 0 Å². The van der Waals surface area contributed by atoms with Crippen LogP contribution in [0.15, 0.2) is 0 Å². The summed E-state index contributed by atoms with van der Waals surface area (Å²) in [7, 11) is 0. The number of hydrogen-bond donors (Lipinski definition) is 0. The normalized spacial score (nSPS) is 25.0. The summed E-state index contributed by atoms with van der Waals surface area (Å²) in [6, 6.07) is 0. The van der Waals surface area contributed by atoms with Crippen LogP contribution in [-0.4, -0.2) is 18.9 Å². The van der Waals surface area contributed by atoms with Crippen molar-refractivity contribution in [2.24, 2.45) is 0 Å². The molecule has 9 heavy (non-hydrogen) atoms. The maximum absolute atomic E-state index is 11.3. The third kappa shape index (κ3) is 4.54. The molecule has 1 saturated heterocycles. The zero-order valence-electron chi connectivity index (χ0n) is 4.41. The lowest BCUT2D eigenvalue weighted by Crippen LogP contribution is -3.00. The fourth-order valence-electron chi connectivity index (χ4n) is 0.444. The first-order chi connectivity index (χ1) is 3.58. The number of rotatable bonds is 1. The molecule has 0 amide bonds. The van der Waals surface area contributed by atoms with Crippen LogP contribution in [0.3, 0.4) is 0 Å². The maximum atomic E-state index is 11.3. The predicted octanol–water partition coefficient (Wildman–Crippen LogP) is -1.66. The molecule has 5 heteroatoms. The fraction of sp³-hybridized carbons (Fsp3) is 1.00. The summed E-state index contributed by atoms with van der Waals surface area (Å²) in [5.41, 5.74) is 0. The van der Waals surface area contributed by atoms with Gasteiger partial charge in [-0.15, -0.1) is 0 Å². The van der Waals surface area contributed by atoms with Gasteiger partial charge in [0.2, 0.25) is 0 Å². The largest absolute Gasteiger partial charge is 1.00 e. The molecule has 0 N–H and O–H groups in total. The highest BCUT2D eigenvalue weighted by Crippen LogP contribution is 2.27. The summed E-state index contributed by atoms with van der Waals surface area (Å²) in [5.74, 6) is 0. The minimum absolute atomic E-state index is 0. The van der Waals surface area contributed by atoms with Crippen molar-refractivity contribution >= 4 is 0 Å². The Morgan fingerprint density at radius 3 is 2.00 bits per heavy atom. The van der Waals surface area contributed by atoms with Gasteiger partial charge in [0.15, 0.2) is 0 Å². The Labute approximate surface area is 56.6 Å². The number of halogens is 4. The second kappa shape index (κ2) is 2.75. The second-order valence-electron chi connectivity index (χ2n) is 1.77. The highest BCUT2D eigenvalue weighted by atomic mass is 35.5. The number of hydrogen-bond acceptors (Lipinski definition) is 1. The smallest absolute Gasteiger partial charge is 0.391 e. The third-order valence-electron chi connectivity index (χ3n) is 0.861. The molecule has 1 fully saturated rings. The lowest BCUT2D eigenvalue weighted by Gasteiger charge is -2.00. The zero-order chi connectivity index (χ0) is 6.20. The quantitative estimate of drug-likeness (QED) is 0.420. The van der Waals surface area contributed by atoms with Crippen molar-refractivity contribution in [3.05, 3.63) is 0 Å². The van der Waals surface area contributed by atoms with Crippen LogP contribution in [0.25, 0.3) is 0 Å². The van der Waals surface area contributed by atoms with Crippen LogP contribution >= 0.6 is 0 Å². The van der Waals surface area contributed by atoms with E-state index in [-0.39, 0.29) is 19.0 Å². The SMILES string of the molecule is FC(F)(F)CC1CO1.[Cl-]. The Bertz CT molecular complexity index is 88.3. The summed E-state index contributed by atoms with van der Waals surface area (Å²) in [4.78, 5) is 0. The Morgan fingerprint density at radius 2 is 1.89 bits per heavy atom. The molecular weight excluding hydrogens is 156 g/mol. The van der Waals surface area contributed by atoms with Gasteiger partial charge >= 0.3 is 6.18 Å². The van der Waals surface area contributed by atoms with E-state index in [1.54, 1.807) is 0 Å². The Balaban J connectivity index is 0.000000640. The molecule has 0 aromatic carbocycles. The summed E-state index contributed by atoms with van der Waals surface area (Å²) in [6.45, 7) is 0.277. The van der Waals surface area contributed by atoms with Crippen molar-refractivity contribution in [2.75, 3.05) is 6.61 Å². The van der Waals surface area contributed by atoms with Crippen molar-refractivity contribution in [1.29, 1.82) is 0 Å². The molecule has 0 radical (unpaired) electrons. The fourth-order valence-corrected chi connectivity index (χ4v) is 0.444. The molecule has 0 aromatic rings. The van der Waals surface area contributed by atoms with Crippen molar-refractivity contribution in [3.63, 3.8) is 0 Å². The zero-order valence-corrected chi connectivity index (χ0v) is 5.17. The monoisotopic (exact) mass is 161 g/mol. The van der Waals surface area contributed by atoms with Gasteiger partial charge in [-0.25, -0.2) is 0 Å². The molecule has 1 atom stereocenters. The highest BCUT2D eigenvalue weighted by molar-refractivity contribution is 4.72. The molecule has 0 aromatic heterocycles. The van der Waals surface area contributed by atoms with Gasteiger partial charge in [-0.05, 0) is 0 Å². The van der Waals surface area contributed by atoms with E-state index in [0.29, 0.717) is 0 Å². The van der Waals surface area contributed by atoms with Gasteiger partial charge in [0.25, 0.3) is 0 Å². The highest BCUT2D eigenvalue weighted by Gasteiger charge is 2.37. The van der Waals surface area contributed by atoms with Crippen LogP contribution in [0.1, 0.15) is 6.42 Å². The lowest BCUT2D eigenvalue weighted by molar-refractivity contribution is -0.137. The van der Waals surface area contributed by atoms with E-state index in [2.05, 4.69) is 4.74 Å². The summed E-state index contributed by atoms with van der Waals surface area (Å²) in [5, 5.41) is 0. The van der Waals surface area contributed by atoms with Crippen LogP contribution < -0.4 is 12.4 Å². The lowest BCUT2D eigenvalue weighted by atomic mass is 10.3. The van der Waals surface area contributed by atoms with Gasteiger partial charge in [-0.1, -0.05) is 0 Å². The molecule has 1 aliphatic heterocycles. The van der Waals surface area contributed by atoms with Crippen LogP contribution in [0.2, 0.25) is 0 Å². The van der Waals surface area contributed by atoms with Crippen molar-refractivity contribution in [2.45, 2.75) is 18.7 Å². The third-order valence-corrected chi connectivity index (χ3v) is 0.861. The van der Waals surface area contributed by atoms with E-state index in [1.807, 2.05) is 0 Å². The van der Waals surface area contributed by atoms with Crippen LogP contribution in [0.4, 0.5) is 13.2 Å². The predicted molar refractivity (Wildman–Crippen MR) is 20.4 cm³/mol. The van der Waals surface area contributed by atoms with E-state index in [4.69, 9.17) is 0 Å². The van der Waals surface area contributed by atoms with E-state index in [9.17, 15) is 13.2 Å². The van der Waals surface area contributed by atoms with E-state index in [0.717, 1.165) is 0 Å². The molecule has 1 heterocycles. The number of ether oxygens (including phenoxy) is 1. The summed E-state index contributed by atoms with van der Waals surface area (Å²) < 4.78 is 38.2. The van der Waals surface area contributed by atoms with Gasteiger partial charge in [-0.2, -0.15) is 13.2 Å². The first kappa shape index (κ1) is 9.04. The van der Waals surface area contributed by atoms with E-state index in [1.165, 1.54) is 0 Å². The molecule has 56 valence electrons. The molecule has 1 unspecified atom stereocenters. The Kier molecular flexibility index (Phi) is 2.76.